The zero-order valence-corrected chi connectivity index (χ0v) is 8.76. The number of hydrogen-bond acceptors (Lipinski definition) is 5. The van der Waals surface area contributed by atoms with Gasteiger partial charge in [-0.2, -0.15) is 0 Å². The Morgan fingerprint density at radius 2 is 2.36 bits per heavy atom. The predicted molar refractivity (Wildman–Crippen MR) is 50.2 cm³/mol. The number of nitrogens with one attached hydrogen (secondary N) is 2. The Labute approximate surface area is 83.1 Å². The van der Waals surface area contributed by atoms with Gasteiger partial charge >= 0.3 is 0 Å². The molecule has 1 rings (SSSR count). The highest BCUT2D eigenvalue weighted by molar-refractivity contribution is 7.90. The molecule has 1 heterocycles. The summed E-state index contributed by atoms with van der Waals surface area (Å²) in [6.45, 7) is 2.79. The van der Waals surface area contributed by atoms with Crippen molar-refractivity contribution in [3.8, 4) is 0 Å². The largest absolute Gasteiger partial charge is 0.378 e. The summed E-state index contributed by atoms with van der Waals surface area (Å²) in [6.07, 6.45) is 0. The van der Waals surface area contributed by atoms with Gasteiger partial charge in [-0.05, 0) is 6.92 Å². The third-order valence-electron chi connectivity index (χ3n) is 1.87. The van der Waals surface area contributed by atoms with E-state index < -0.39 is 22.0 Å². The van der Waals surface area contributed by atoms with Gasteiger partial charge in [0.1, 0.15) is 6.04 Å². The van der Waals surface area contributed by atoms with Gasteiger partial charge < -0.3 is 10.1 Å². The summed E-state index contributed by atoms with van der Waals surface area (Å²) in [6, 6.07) is -0.565. The second-order valence-electron chi connectivity index (χ2n) is 2.95. The zero-order valence-electron chi connectivity index (χ0n) is 7.95. The van der Waals surface area contributed by atoms with Crippen molar-refractivity contribution >= 4 is 15.9 Å². The van der Waals surface area contributed by atoms with Crippen LogP contribution in [0, 0.1) is 0 Å². The fourth-order valence-corrected chi connectivity index (χ4v) is 1.62. The maximum atomic E-state index is 11.3. The van der Waals surface area contributed by atoms with Gasteiger partial charge in [-0.1, -0.05) is 0 Å². The lowest BCUT2D eigenvalue weighted by atomic mass is 10.3. The third kappa shape index (κ3) is 3.24. The van der Waals surface area contributed by atoms with Crippen LogP contribution < -0.4 is 10.0 Å². The zero-order chi connectivity index (χ0) is 10.6. The van der Waals surface area contributed by atoms with Gasteiger partial charge in [-0.15, -0.1) is 0 Å². The second kappa shape index (κ2) is 4.72. The summed E-state index contributed by atoms with van der Waals surface area (Å²) in [4.78, 5) is 11.3. The van der Waals surface area contributed by atoms with Crippen LogP contribution in [0.2, 0.25) is 0 Å². The van der Waals surface area contributed by atoms with E-state index in [1.165, 1.54) is 6.92 Å². The molecule has 14 heavy (non-hydrogen) atoms. The van der Waals surface area contributed by atoms with Gasteiger partial charge in [-0.25, -0.2) is 8.42 Å². The molecule has 0 aromatic rings. The van der Waals surface area contributed by atoms with Gasteiger partial charge in [0.05, 0.1) is 19.0 Å². The van der Waals surface area contributed by atoms with Gasteiger partial charge in [0.25, 0.3) is 5.91 Å². The molecule has 1 atom stereocenters. The van der Waals surface area contributed by atoms with Gasteiger partial charge in [-0.3, -0.25) is 9.52 Å². The van der Waals surface area contributed by atoms with Crippen LogP contribution in [0.25, 0.3) is 0 Å². The third-order valence-corrected chi connectivity index (χ3v) is 3.15. The number of ether oxygens (including phenoxy) is 1. The normalized spacial score (nSPS) is 23.1. The molecular formula is C7H14N2O4S. The maximum absolute atomic E-state index is 11.3. The molecule has 82 valence electrons. The molecular weight excluding hydrogens is 208 g/mol. The number of carbonyl (C=O) groups is 1. The molecule has 2 N–H and O–H groups in total. The first kappa shape index (κ1) is 11.4. The fourth-order valence-electron chi connectivity index (χ4n) is 1.03. The molecule has 7 heteroatoms. The Kier molecular flexibility index (Phi) is 3.85. The van der Waals surface area contributed by atoms with Crippen LogP contribution in [0.4, 0.5) is 0 Å². The van der Waals surface area contributed by atoms with E-state index in [1.807, 2.05) is 4.72 Å². The molecule has 1 aliphatic heterocycles. The first-order chi connectivity index (χ1) is 6.55. The summed E-state index contributed by atoms with van der Waals surface area (Å²) in [5, 5.41) is 2.86. The molecule has 1 fully saturated rings. The molecule has 1 saturated heterocycles. The van der Waals surface area contributed by atoms with E-state index in [1.54, 1.807) is 0 Å². The Balaban J connectivity index is 2.49. The van der Waals surface area contributed by atoms with E-state index in [2.05, 4.69) is 5.32 Å². The minimum Gasteiger partial charge on any atom is -0.378 e. The molecule has 0 aromatic carbocycles. The van der Waals surface area contributed by atoms with Crippen molar-refractivity contribution in [3.05, 3.63) is 0 Å². The Hall–Kier alpha value is -0.660. The van der Waals surface area contributed by atoms with Crippen LogP contribution in [0.1, 0.15) is 6.92 Å². The van der Waals surface area contributed by atoms with Crippen molar-refractivity contribution in [2.24, 2.45) is 0 Å². The molecule has 0 spiro atoms. The van der Waals surface area contributed by atoms with E-state index in [9.17, 15) is 13.2 Å². The second-order valence-corrected chi connectivity index (χ2v) is 4.96. The Morgan fingerprint density at radius 1 is 1.64 bits per heavy atom. The quantitative estimate of drug-likeness (QED) is 0.603. The molecule has 0 saturated carbocycles. The highest BCUT2D eigenvalue weighted by atomic mass is 32.2. The summed E-state index contributed by atoms with van der Waals surface area (Å²) in [5.74, 6) is -0.654. The van der Waals surface area contributed by atoms with Crippen LogP contribution in [-0.4, -0.2) is 45.9 Å². The topological polar surface area (TPSA) is 84.5 Å². The molecule has 1 amide bonds. The van der Waals surface area contributed by atoms with Crippen molar-refractivity contribution < 1.29 is 17.9 Å². The summed E-state index contributed by atoms with van der Waals surface area (Å²) in [7, 11) is -3.46. The minimum absolute atomic E-state index is 0.105. The SMILES string of the molecule is CCS(=O)(=O)NC(=O)C1COCCN1. The lowest BCUT2D eigenvalue weighted by Crippen LogP contribution is -2.52. The van der Waals surface area contributed by atoms with Crippen LogP contribution in [0.15, 0.2) is 0 Å². The van der Waals surface area contributed by atoms with Crippen molar-refractivity contribution in [1.82, 2.24) is 10.0 Å². The van der Waals surface area contributed by atoms with Crippen LogP contribution >= 0.6 is 0 Å². The molecule has 0 aromatic heterocycles. The lowest BCUT2D eigenvalue weighted by Gasteiger charge is -2.22. The number of sulfonamides is 1. The van der Waals surface area contributed by atoms with Crippen molar-refractivity contribution in [3.63, 3.8) is 0 Å². The maximum Gasteiger partial charge on any atom is 0.252 e. The highest BCUT2D eigenvalue weighted by Gasteiger charge is 2.24. The minimum atomic E-state index is -3.46. The molecule has 0 radical (unpaired) electrons. The average molecular weight is 222 g/mol. The van der Waals surface area contributed by atoms with Gasteiger partial charge in [0.15, 0.2) is 0 Å². The summed E-state index contributed by atoms with van der Waals surface area (Å²) >= 11 is 0. The lowest BCUT2D eigenvalue weighted by molar-refractivity contribution is -0.124. The molecule has 6 nitrogen and oxygen atoms in total. The van der Waals surface area contributed by atoms with Gasteiger partial charge in [0.2, 0.25) is 10.0 Å². The average Bonchev–Trinajstić information content (AvgIpc) is 2.19. The molecule has 0 bridgehead atoms. The van der Waals surface area contributed by atoms with Crippen LogP contribution in [0.5, 0.6) is 0 Å². The first-order valence-electron chi connectivity index (χ1n) is 4.40. The number of hydrogen-bond donors (Lipinski definition) is 2. The number of amides is 1. The standard InChI is InChI=1S/C7H14N2O4S/c1-2-14(11,12)9-7(10)6-5-13-4-3-8-6/h6,8H,2-5H2,1H3,(H,9,10). The Bertz CT molecular complexity index is 295. The van der Waals surface area contributed by atoms with E-state index in [-0.39, 0.29) is 12.4 Å². The van der Waals surface area contributed by atoms with Crippen molar-refractivity contribution in [2.75, 3.05) is 25.5 Å². The van der Waals surface area contributed by atoms with E-state index >= 15 is 0 Å². The van der Waals surface area contributed by atoms with E-state index in [0.29, 0.717) is 13.2 Å². The fraction of sp³-hybridized carbons (Fsp3) is 0.857. The van der Waals surface area contributed by atoms with Crippen molar-refractivity contribution in [2.45, 2.75) is 13.0 Å². The van der Waals surface area contributed by atoms with E-state index in [4.69, 9.17) is 4.74 Å². The highest BCUT2D eigenvalue weighted by Crippen LogP contribution is 1.94. The van der Waals surface area contributed by atoms with E-state index in [0.717, 1.165) is 0 Å². The number of morpholine rings is 1. The summed E-state index contributed by atoms with van der Waals surface area (Å²) in [5.41, 5.74) is 0. The number of carbonyl (C=O) groups excluding carboxylic acids is 1. The van der Waals surface area contributed by atoms with Crippen LogP contribution in [0.3, 0.4) is 0 Å². The van der Waals surface area contributed by atoms with Crippen LogP contribution in [-0.2, 0) is 19.6 Å². The van der Waals surface area contributed by atoms with Crippen molar-refractivity contribution in [1.29, 1.82) is 0 Å². The smallest absolute Gasteiger partial charge is 0.252 e. The number of rotatable bonds is 3. The Morgan fingerprint density at radius 3 is 2.86 bits per heavy atom. The van der Waals surface area contributed by atoms with Gasteiger partial charge in [0, 0.05) is 6.54 Å². The monoisotopic (exact) mass is 222 g/mol. The molecule has 0 aliphatic carbocycles. The summed E-state index contributed by atoms with van der Waals surface area (Å²) < 4.78 is 29.1. The first-order valence-corrected chi connectivity index (χ1v) is 6.06. The molecule has 1 aliphatic rings. The predicted octanol–water partition coefficient (Wildman–Crippen LogP) is -1.56. The molecule has 1 unspecified atom stereocenters.